The lowest BCUT2D eigenvalue weighted by Gasteiger charge is -1.97. The van der Waals surface area contributed by atoms with Crippen molar-refractivity contribution in [2.75, 3.05) is 0 Å². The minimum Gasteiger partial charge on any atom is -0.258 e. The molecule has 0 radical (unpaired) electrons. The van der Waals surface area contributed by atoms with Gasteiger partial charge in [-0.1, -0.05) is 11.6 Å². The van der Waals surface area contributed by atoms with Gasteiger partial charge in [-0.15, -0.1) is 0 Å². The molecule has 0 aliphatic carbocycles. The molecule has 0 spiro atoms. The van der Waals surface area contributed by atoms with Gasteiger partial charge in [-0.2, -0.15) is 0 Å². The Balaban J connectivity index is 3.36. The Bertz CT molecular complexity index is 345. The Morgan fingerprint density at radius 2 is 2.17 bits per heavy atom. The fourth-order valence-electron chi connectivity index (χ4n) is 0.657. The van der Waals surface area contributed by atoms with Crippen molar-refractivity contribution in [3.8, 4) is 0 Å². The van der Waals surface area contributed by atoms with Crippen molar-refractivity contribution >= 4 is 33.2 Å². The lowest BCUT2D eigenvalue weighted by atomic mass is 10.3. The third-order valence-electron chi connectivity index (χ3n) is 1.21. The van der Waals surface area contributed by atoms with E-state index in [1.165, 1.54) is 0 Å². The van der Waals surface area contributed by atoms with Gasteiger partial charge in [-0.3, -0.25) is 10.1 Å². The van der Waals surface area contributed by atoms with Gasteiger partial charge in [0.15, 0.2) is 0 Å². The van der Waals surface area contributed by atoms with Crippen LogP contribution in [0.3, 0.4) is 0 Å². The van der Waals surface area contributed by atoms with Crippen molar-refractivity contribution in [2.24, 2.45) is 0 Å². The Labute approximate surface area is 80.4 Å². The summed E-state index contributed by atoms with van der Waals surface area (Å²) in [4.78, 5) is 9.59. The molecule has 0 unspecified atom stereocenters. The predicted molar refractivity (Wildman–Crippen MR) is 45.8 cm³/mol. The van der Waals surface area contributed by atoms with Crippen LogP contribution in [0.4, 0.5) is 10.1 Å². The highest BCUT2D eigenvalue weighted by Crippen LogP contribution is 2.33. The van der Waals surface area contributed by atoms with Crippen LogP contribution in [-0.4, -0.2) is 4.92 Å². The molecule has 1 aromatic rings. The molecular formula is C6H2BrClFNO2. The van der Waals surface area contributed by atoms with Gasteiger partial charge < -0.3 is 0 Å². The molecule has 0 bridgehead atoms. The highest BCUT2D eigenvalue weighted by atomic mass is 79.9. The summed E-state index contributed by atoms with van der Waals surface area (Å²) in [7, 11) is 0. The Morgan fingerprint density at radius 3 is 2.67 bits per heavy atom. The van der Waals surface area contributed by atoms with E-state index in [1.807, 2.05) is 0 Å². The van der Waals surface area contributed by atoms with Gasteiger partial charge in [0, 0.05) is 6.07 Å². The van der Waals surface area contributed by atoms with Crippen molar-refractivity contribution in [3.63, 3.8) is 0 Å². The molecule has 0 saturated carbocycles. The predicted octanol–water partition coefficient (Wildman–Crippen LogP) is 3.15. The van der Waals surface area contributed by atoms with Gasteiger partial charge in [0.1, 0.15) is 10.8 Å². The molecule has 0 amide bonds. The van der Waals surface area contributed by atoms with Crippen LogP contribution in [0, 0.1) is 15.9 Å². The quantitative estimate of drug-likeness (QED) is 0.439. The molecule has 0 fully saturated rings. The third-order valence-corrected chi connectivity index (χ3v) is 2.60. The van der Waals surface area contributed by atoms with Crippen molar-refractivity contribution in [1.29, 1.82) is 0 Å². The van der Waals surface area contributed by atoms with E-state index in [4.69, 9.17) is 11.6 Å². The summed E-state index contributed by atoms with van der Waals surface area (Å²) in [6.45, 7) is 0. The maximum Gasteiger partial charge on any atom is 0.289 e. The molecule has 1 rings (SSSR count). The van der Waals surface area contributed by atoms with E-state index in [9.17, 15) is 14.5 Å². The lowest BCUT2D eigenvalue weighted by Crippen LogP contribution is -1.90. The van der Waals surface area contributed by atoms with Gasteiger partial charge in [0.05, 0.1) is 9.40 Å². The standard InChI is InChI=1S/C6H2BrClFNO2/c7-5-3(9)1-2-4(6(5)8)10(11)12/h1-2H. The number of benzene rings is 1. The largest absolute Gasteiger partial charge is 0.289 e. The molecule has 12 heavy (non-hydrogen) atoms. The second-order valence-electron chi connectivity index (χ2n) is 1.95. The maximum absolute atomic E-state index is 12.7. The second-order valence-corrected chi connectivity index (χ2v) is 3.12. The molecule has 0 saturated heterocycles. The van der Waals surface area contributed by atoms with Gasteiger partial charge in [-0.25, -0.2) is 4.39 Å². The first-order chi connectivity index (χ1) is 5.54. The highest BCUT2D eigenvalue weighted by Gasteiger charge is 2.17. The summed E-state index contributed by atoms with van der Waals surface area (Å²) >= 11 is 8.25. The molecule has 1 aromatic carbocycles. The number of nitro benzene ring substituents is 1. The average Bonchev–Trinajstić information content (AvgIpc) is 2.00. The molecule has 0 atom stereocenters. The first-order valence-corrected chi connectivity index (χ1v) is 3.99. The number of rotatable bonds is 1. The first-order valence-electron chi connectivity index (χ1n) is 2.82. The molecular weight excluding hydrogens is 252 g/mol. The highest BCUT2D eigenvalue weighted by molar-refractivity contribution is 9.10. The fourth-order valence-corrected chi connectivity index (χ4v) is 1.21. The summed E-state index contributed by atoms with van der Waals surface area (Å²) in [5.41, 5.74) is -0.315. The molecule has 3 nitrogen and oxygen atoms in total. The first kappa shape index (κ1) is 9.41. The summed E-state index contributed by atoms with van der Waals surface area (Å²) < 4.78 is 12.6. The normalized spacial score (nSPS) is 9.92. The van der Waals surface area contributed by atoms with E-state index in [0.29, 0.717) is 0 Å². The van der Waals surface area contributed by atoms with Crippen molar-refractivity contribution in [1.82, 2.24) is 0 Å². The van der Waals surface area contributed by atoms with Crippen LogP contribution < -0.4 is 0 Å². The summed E-state index contributed by atoms with van der Waals surface area (Å²) in [6, 6.07) is 2.00. The van der Waals surface area contributed by atoms with E-state index < -0.39 is 10.7 Å². The lowest BCUT2D eigenvalue weighted by molar-refractivity contribution is -0.384. The Kier molecular flexibility index (Phi) is 2.64. The van der Waals surface area contributed by atoms with E-state index in [2.05, 4.69) is 15.9 Å². The maximum atomic E-state index is 12.7. The molecule has 0 aliphatic heterocycles. The van der Waals surface area contributed by atoms with Crippen LogP contribution in [0.25, 0.3) is 0 Å². The smallest absolute Gasteiger partial charge is 0.258 e. The minimum atomic E-state index is -0.674. The van der Waals surface area contributed by atoms with Gasteiger partial charge >= 0.3 is 0 Å². The van der Waals surface area contributed by atoms with E-state index in [0.717, 1.165) is 12.1 Å². The molecule has 6 heteroatoms. The van der Waals surface area contributed by atoms with Crippen LogP contribution in [0.15, 0.2) is 16.6 Å². The zero-order chi connectivity index (χ0) is 9.30. The minimum absolute atomic E-state index is 0.0848. The molecule has 0 aliphatic rings. The zero-order valence-corrected chi connectivity index (χ0v) is 7.89. The number of nitro groups is 1. The van der Waals surface area contributed by atoms with Crippen LogP contribution >= 0.6 is 27.5 Å². The van der Waals surface area contributed by atoms with Crippen LogP contribution in [0.5, 0.6) is 0 Å². The summed E-state index contributed by atoms with van der Waals surface area (Å²) in [6.07, 6.45) is 0. The fraction of sp³-hybridized carbons (Fsp3) is 0. The summed E-state index contributed by atoms with van der Waals surface area (Å²) in [5, 5.41) is 10.0. The van der Waals surface area contributed by atoms with Crippen molar-refractivity contribution < 1.29 is 9.31 Å². The van der Waals surface area contributed by atoms with Crippen LogP contribution in [0.1, 0.15) is 0 Å². The molecule has 0 aromatic heterocycles. The molecule has 64 valence electrons. The van der Waals surface area contributed by atoms with Crippen molar-refractivity contribution in [3.05, 3.63) is 37.6 Å². The number of nitrogens with zero attached hydrogens (tertiary/aromatic N) is 1. The van der Waals surface area contributed by atoms with Gasteiger partial charge in [-0.05, 0) is 22.0 Å². The van der Waals surface area contributed by atoms with E-state index >= 15 is 0 Å². The number of hydrogen-bond donors (Lipinski definition) is 0. The Morgan fingerprint density at radius 1 is 1.58 bits per heavy atom. The molecule has 0 heterocycles. The van der Waals surface area contributed by atoms with Gasteiger partial charge in [0.25, 0.3) is 5.69 Å². The topological polar surface area (TPSA) is 43.1 Å². The average molecular weight is 254 g/mol. The Hall–Kier alpha value is -0.680. The van der Waals surface area contributed by atoms with Crippen molar-refractivity contribution in [2.45, 2.75) is 0 Å². The van der Waals surface area contributed by atoms with Crippen LogP contribution in [0.2, 0.25) is 5.02 Å². The number of hydrogen-bond acceptors (Lipinski definition) is 2. The van der Waals surface area contributed by atoms with E-state index in [-0.39, 0.29) is 15.2 Å². The SMILES string of the molecule is O=[N+]([O-])c1ccc(F)c(Br)c1Cl. The monoisotopic (exact) mass is 253 g/mol. The summed E-state index contributed by atoms with van der Waals surface area (Å²) in [5.74, 6) is -0.620. The number of halogens is 3. The van der Waals surface area contributed by atoms with Crippen LogP contribution in [-0.2, 0) is 0 Å². The van der Waals surface area contributed by atoms with E-state index in [1.54, 1.807) is 0 Å². The third kappa shape index (κ3) is 1.56. The second kappa shape index (κ2) is 3.37. The zero-order valence-electron chi connectivity index (χ0n) is 5.55. The van der Waals surface area contributed by atoms with Gasteiger partial charge in [0.2, 0.25) is 0 Å². The molecule has 0 N–H and O–H groups in total.